The van der Waals surface area contributed by atoms with Crippen LogP contribution in [0.2, 0.25) is 0 Å². The topological polar surface area (TPSA) is 63.4 Å². The van der Waals surface area contributed by atoms with Gasteiger partial charge in [0.2, 0.25) is 10.0 Å². The molecular weight excluding hydrogens is 352 g/mol. The molecule has 19 heavy (non-hydrogen) atoms. The number of hydrogen-bond acceptors (Lipinski definition) is 3. The summed E-state index contributed by atoms with van der Waals surface area (Å²) in [6.45, 7) is 3.00. The first kappa shape index (κ1) is 16.9. The fourth-order valence-corrected chi connectivity index (χ4v) is 4.34. The van der Waals surface area contributed by atoms with Crippen LogP contribution in [0, 0.1) is 5.92 Å². The molecule has 2 N–H and O–H groups in total. The van der Waals surface area contributed by atoms with Crippen LogP contribution in [0.4, 0.5) is 0 Å². The van der Waals surface area contributed by atoms with Gasteiger partial charge in [-0.05, 0) is 50.1 Å². The van der Waals surface area contributed by atoms with Gasteiger partial charge < -0.3 is 5.73 Å². The number of rotatable bonds is 3. The second-order valence-corrected chi connectivity index (χ2v) is 7.52. The quantitative estimate of drug-likeness (QED) is 0.888. The van der Waals surface area contributed by atoms with E-state index in [0.29, 0.717) is 18.0 Å². The zero-order valence-electron chi connectivity index (χ0n) is 10.6. The van der Waals surface area contributed by atoms with Gasteiger partial charge in [-0.1, -0.05) is 15.9 Å². The first-order valence-corrected chi connectivity index (χ1v) is 8.16. The van der Waals surface area contributed by atoms with Crippen molar-refractivity contribution in [2.24, 2.45) is 11.7 Å². The van der Waals surface area contributed by atoms with Gasteiger partial charge in [0, 0.05) is 17.1 Å². The van der Waals surface area contributed by atoms with Crippen LogP contribution >= 0.6 is 28.3 Å². The lowest BCUT2D eigenvalue weighted by atomic mass is 10.1. The van der Waals surface area contributed by atoms with E-state index in [-0.39, 0.29) is 24.4 Å². The minimum atomic E-state index is -3.39. The van der Waals surface area contributed by atoms with Crippen molar-refractivity contribution in [3.8, 4) is 0 Å². The van der Waals surface area contributed by atoms with Gasteiger partial charge in [0.25, 0.3) is 0 Å². The fourth-order valence-electron chi connectivity index (χ4n) is 2.36. The van der Waals surface area contributed by atoms with Crippen LogP contribution in [0.25, 0.3) is 0 Å². The Labute approximate surface area is 128 Å². The summed E-state index contributed by atoms with van der Waals surface area (Å²) in [6.07, 6.45) is 0.840. The Morgan fingerprint density at radius 1 is 1.37 bits per heavy atom. The van der Waals surface area contributed by atoms with E-state index in [2.05, 4.69) is 15.9 Å². The number of halogens is 2. The molecule has 1 saturated heterocycles. The van der Waals surface area contributed by atoms with Crippen molar-refractivity contribution in [2.45, 2.75) is 24.3 Å². The molecule has 0 aromatic heterocycles. The van der Waals surface area contributed by atoms with Crippen LogP contribution in [0.3, 0.4) is 0 Å². The van der Waals surface area contributed by atoms with Crippen LogP contribution in [-0.4, -0.2) is 31.9 Å². The van der Waals surface area contributed by atoms with Crippen LogP contribution in [0.5, 0.6) is 0 Å². The van der Waals surface area contributed by atoms with Crippen molar-refractivity contribution < 1.29 is 8.42 Å². The Balaban J connectivity index is 0.00000180. The predicted octanol–water partition coefficient (Wildman–Crippen LogP) is 2.23. The summed E-state index contributed by atoms with van der Waals surface area (Å²) >= 11 is 3.30. The number of benzene rings is 1. The second-order valence-electron chi connectivity index (χ2n) is 4.72. The predicted molar refractivity (Wildman–Crippen MR) is 81.9 cm³/mol. The molecule has 0 radical (unpaired) electrons. The Kier molecular flexibility index (Phi) is 5.82. The smallest absolute Gasteiger partial charge is 0.243 e. The maximum atomic E-state index is 12.5. The summed E-state index contributed by atoms with van der Waals surface area (Å²) in [7, 11) is -3.39. The molecule has 0 amide bonds. The summed E-state index contributed by atoms with van der Waals surface area (Å²) in [5.41, 5.74) is 5.63. The summed E-state index contributed by atoms with van der Waals surface area (Å²) in [4.78, 5) is 0.343. The van der Waals surface area contributed by atoms with E-state index in [4.69, 9.17) is 5.73 Å². The Morgan fingerprint density at radius 3 is 2.42 bits per heavy atom. The molecule has 2 rings (SSSR count). The summed E-state index contributed by atoms with van der Waals surface area (Å²) in [6, 6.07) is 6.76. The van der Waals surface area contributed by atoms with E-state index in [1.165, 1.54) is 0 Å². The van der Waals surface area contributed by atoms with Gasteiger partial charge in [0.15, 0.2) is 0 Å². The maximum Gasteiger partial charge on any atom is 0.243 e. The molecule has 1 aliphatic heterocycles. The number of nitrogens with zero attached hydrogens (tertiary/aromatic N) is 1. The third-order valence-corrected chi connectivity index (χ3v) is 5.88. The lowest BCUT2D eigenvalue weighted by Crippen LogP contribution is -2.34. The highest BCUT2D eigenvalue weighted by atomic mass is 79.9. The molecule has 1 aliphatic rings. The third kappa shape index (κ3) is 3.49. The highest BCUT2D eigenvalue weighted by Crippen LogP contribution is 2.29. The first-order chi connectivity index (χ1) is 8.45. The van der Waals surface area contributed by atoms with E-state index in [1.54, 1.807) is 28.6 Å². The fraction of sp³-hybridized carbons (Fsp3) is 0.500. The number of nitrogens with two attached hydrogens (primary N) is 1. The molecule has 1 heterocycles. The summed E-state index contributed by atoms with van der Waals surface area (Å²) < 4.78 is 27.4. The molecule has 1 aromatic carbocycles. The number of sulfonamides is 1. The largest absolute Gasteiger partial charge is 0.330 e. The maximum absolute atomic E-state index is 12.5. The van der Waals surface area contributed by atoms with Crippen LogP contribution in [0.1, 0.15) is 13.3 Å². The zero-order valence-corrected chi connectivity index (χ0v) is 13.8. The van der Waals surface area contributed by atoms with Gasteiger partial charge in [-0.3, -0.25) is 0 Å². The SMILES string of the molecule is CC1CC(CN)CN1S(=O)(=O)c1ccc(Br)cc1.Cl. The monoisotopic (exact) mass is 368 g/mol. The molecule has 7 heteroatoms. The molecule has 1 aromatic rings. The molecule has 2 atom stereocenters. The summed E-state index contributed by atoms with van der Waals surface area (Å²) in [5, 5.41) is 0. The molecule has 2 unspecified atom stereocenters. The summed E-state index contributed by atoms with van der Waals surface area (Å²) in [5.74, 6) is 0.269. The van der Waals surface area contributed by atoms with Crippen molar-refractivity contribution in [3.63, 3.8) is 0 Å². The van der Waals surface area contributed by atoms with Crippen LogP contribution < -0.4 is 5.73 Å². The Bertz CT molecular complexity index is 521. The van der Waals surface area contributed by atoms with E-state index in [0.717, 1.165) is 10.9 Å². The van der Waals surface area contributed by atoms with Crippen molar-refractivity contribution in [2.75, 3.05) is 13.1 Å². The normalized spacial score (nSPS) is 24.2. The average Bonchev–Trinajstić information content (AvgIpc) is 2.72. The molecule has 4 nitrogen and oxygen atoms in total. The van der Waals surface area contributed by atoms with E-state index in [1.807, 2.05) is 6.92 Å². The lowest BCUT2D eigenvalue weighted by molar-refractivity contribution is 0.404. The van der Waals surface area contributed by atoms with Gasteiger partial charge in [-0.25, -0.2) is 8.42 Å². The van der Waals surface area contributed by atoms with E-state index < -0.39 is 10.0 Å². The molecule has 0 saturated carbocycles. The van der Waals surface area contributed by atoms with Crippen molar-refractivity contribution >= 4 is 38.4 Å². The van der Waals surface area contributed by atoms with Crippen molar-refractivity contribution in [1.29, 1.82) is 0 Å². The Hall–Kier alpha value is -0.140. The van der Waals surface area contributed by atoms with E-state index >= 15 is 0 Å². The molecule has 108 valence electrons. The highest BCUT2D eigenvalue weighted by Gasteiger charge is 2.37. The highest BCUT2D eigenvalue weighted by molar-refractivity contribution is 9.10. The zero-order chi connectivity index (χ0) is 13.3. The Morgan fingerprint density at radius 2 is 1.95 bits per heavy atom. The third-order valence-electron chi connectivity index (χ3n) is 3.36. The van der Waals surface area contributed by atoms with Gasteiger partial charge in [-0.15, -0.1) is 12.4 Å². The minimum Gasteiger partial charge on any atom is -0.330 e. The molecule has 0 bridgehead atoms. The van der Waals surface area contributed by atoms with Gasteiger partial charge in [0.1, 0.15) is 0 Å². The number of hydrogen-bond donors (Lipinski definition) is 1. The minimum absolute atomic E-state index is 0. The van der Waals surface area contributed by atoms with Crippen LogP contribution in [0.15, 0.2) is 33.6 Å². The van der Waals surface area contributed by atoms with Crippen molar-refractivity contribution in [3.05, 3.63) is 28.7 Å². The lowest BCUT2D eigenvalue weighted by Gasteiger charge is -2.21. The van der Waals surface area contributed by atoms with E-state index in [9.17, 15) is 8.42 Å². The van der Waals surface area contributed by atoms with Gasteiger partial charge in [-0.2, -0.15) is 4.31 Å². The first-order valence-electron chi connectivity index (χ1n) is 5.92. The van der Waals surface area contributed by atoms with Crippen molar-refractivity contribution in [1.82, 2.24) is 4.31 Å². The molecule has 1 fully saturated rings. The van der Waals surface area contributed by atoms with Gasteiger partial charge >= 0.3 is 0 Å². The average molecular weight is 370 g/mol. The second kappa shape index (κ2) is 6.54. The molecular formula is C12H18BrClN2O2S. The molecule has 0 aliphatic carbocycles. The van der Waals surface area contributed by atoms with Gasteiger partial charge in [0.05, 0.1) is 4.90 Å². The standard InChI is InChI=1S/C12H17BrN2O2S.ClH/c1-9-6-10(7-14)8-15(9)18(16,17)12-4-2-11(13)3-5-12;/h2-5,9-10H,6-8,14H2,1H3;1H. The van der Waals surface area contributed by atoms with Crippen LogP contribution in [-0.2, 0) is 10.0 Å². The molecule has 0 spiro atoms.